The molecule has 1 rings (SSSR count). The van der Waals surface area contributed by atoms with Gasteiger partial charge in [-0.05, 0) is 6.92 Å². The number of hydrogen-bond donors (Lipinski definition) is 2. The molecule has 5 heteroatoms. The van der Waals surface area contributed by atoms with Gasteiger partial charge in [0, 0.05) is 13.3 Å². The molecular formula is C8H14O5. The van der Waals surface area contributed by atoms with Crippen LogP contribution in [-0.4, -0.2) is 40.8 Å². The van der Waals surface area contributed by atoms with Crippen molar-refractivity contribution in [3.63, 3.8) is 0 Å². The van der Waals surface area contributed by atoms with Crippen molar-refractivity contribution < 1.29 is 24.5 Å². The van der Waals surface area contributed by atoms with Gasteiger partial charge in [-0.25, -0.2) is 0 Å². The van der Waals surface area contributed by atoms with E-state index in [1.54, 1.807) is 6.92 Å². The lowest BCUT2D eigenvalue weighted by molar-refractivity contribution is -0.240. The molecule has 76 valence electrons. The second kappa shape index (κ2) is 4.04. The molecule has 1 fully saturated rings. The lowest BCUT2D eigenvalue weighted by Crippen LogP contribution is -2.47. The summed E-state index contributed by atoms with van der Waals surface area (Å²) >= 11 is 0. The van der Waals surface area contributed by atoms with E-state index in [0.29, 0.717) is 0 Å². The quantitative estimate of drug-likeness (QED) is 0.540. The van der Waals surface area contributed by atoms with E-state index in [4.69, 9.17) is 9.47 Å². The van der Waals surface area contributed by atoms with E-state index in [1.807, 2.05) is 0 Å². The number of aliphatic hydroxyl groups is 2. The SMILES string of the molecule is CC(=O)O[C@H]1C[C@@H](O)[C@H](O)[C@@H](C)O1. The van der Waals surface area contributed by atoms with E-state index in [2.05, 4.69) is 0 Å². The number of carbonyl (C=O) groups excluding carboxylic acids is 1. The molecular weight excluding hydrogens is 176 g/mol. The van der Waals surface area contributed by atoms with E-state index < -0.39 is 30.6 Å². The molecule has 0 amide bonds. The zero-order valence-electron chi connectivity index (χ0n) is 7.64. The smallest absolute Gasteiger partial charge is 0.304 e. The molecule has 0 aromatic rings. The Morgan fingerprint density at radius 3 is 2.62 bits per heavy atom. The van der Waals surface area contributed by atoms with Gasteiger partial charge in [-0.2, -0.15) is 0 Å². The average molecular weight is 190 g/mol. The van der Waals surface area contributed by atoms with Crippen LogP contribution in [0.1, 0.15) is 20.3 Å². The van der Waals surface area contributed by atoms with Crippen LogP contribution in [0.3, 0.4) is 0 Å². The van der Waals surface area contributed by atoms with Crippen LogP contribution in [0.15, 0.2) is 0 Å². The lowest BCUT2D eigenvalue weighted by atomic mass is 10.0. The first-order chi connectivity index (χ1) is 6.00. The molecule has 2 N–H and O–H groups in total. The molecule has 0 spiro atoms. The highest BCUT2D eigenvalue weighted by Gasteiger charge is 2.35. The van der Waals surface area contributed by atoms with Crippen LogP contribution < -0.4 is 0 Å². The lowest BCUT2D eigenvalue weighted by Gasteiger charge is -2.34. The van der Waals surface area contributed by atoms with Crippen molar-refractivity contribution in [1.29, 1.82) is 0 Å². The Kier molecular flexibility index (Phi) is 3.24. The van der Waals surface area contributed by atoms with Gasteiger partial charge >= 0.3 is 5.97 Å². The van der Waals surface area contributed by atoms with E-state index >= 15 is 0 Å². The first kappa shape index (κ1) is 10.4. The van der Waals surface area contributed by atoms with Crippen LogP contribution >= 0.6 is 0 Å². The Morgan fingerprint density at radius 2 is 2.15 bits per heavy atom. The summed E-state index contributed by atoms with van der Waals surface area (Å²) in [5.41, 5.74) is 0. The van der Waals surface area contributed by atoms with E-state index in [9.17, 15) is 15.0 Å². The molecule has 1 heterocycles. The van der Waals surface area contributed by atoms with Gasteiger partial charge in [0.15, 0.2) is 0 Å². The summed E-state index contributed by atoms with van der Waals surface area (Å²) in [5, 5.41) is 18.6. The van der Waals surface area contributed by atoms with Gasteiger partial charge in [0.25, 0.3) is 0 Å². The zero-order valence-corrected chi connectivity index (χ0v) is 7.64. The topological polar surface area (TPSA) is 76.0 Å². The highest BCUT2D eigenvalue weighted by molar-refractivity contribution is 5.66. The number of rotatable bonds is 1. The van der Waals surface area contributed by atoms with Crippen LogP contribution in [0.4, 0.5) is 0 Å². The van der Waals surface area contributed by atoms with Crippen LogP contribution in [0.2, 0.25) is 0 Å². The molecule has 0 aliphatic carbocycles. The number of carbonyl (C=O) groups is 1. The minimum absolute atomic E-state index is 0.116. The normalized spacial score (nSPS) is 40.0. The number of aliphatic hydroxyl groups excluding tert-OH is 2. The van der Waals surface area contributed by atoms with Gasteiger partial charge in [0.2, 0.25) is 6.29 Å². The predicted octanol–water partition coefficient (Wildman–Crippen LogP) is -0.594. The van der Waals surface area contributed by atoms with Gasteiger partial charge in [-0.3, -0.25) is 4.79 Å². The number of esters is 1. The average Bonchev–Trinajstić information content (AvgIpc) is 1.98. The Bertz CT molecular complexity index is 181. The molecule has 0 saturated carbocycles. The molecule has 1 aliphatic heterocycles. The minimum Gasteiger partial charge on any atom is -0.436 e. The standard InChI is InChI=1S/C8H14O5/c1-4-8(11)6(10)3-7(12-4)13-5(2)9/h4,6-8,10-11H,3H2,1-2H3/t4-,6-,7+,8-/m1/s1. The fourth-order valence-electron chi connectivity index (χ4n) is 1.29. The van der Waals surface area contributed by atoms with E-state index in [0.717, 1.165) is 0 Å². The maximum Gasteiger partial charge on any atom is 0.304 e. The highest BCUT2D eigenvalue weighted by Crippen LogP contribution is 2.20. The van der Waals surface area contributed by atoms with Crippen molar-refractivity contribution in [1.82, 2.24) is 0 Å². The molecule has 13 heavy (non-hydrogen) atoms. The molecule has 0 bridgehead atoms. The van der Waals surface area contributed by atoms with Crippen LogP contribution in [-0.2, 0) is 14.3 Å². The van der Waals surface area contributed by atoms with Gasteiger partial charge in [0.1, 0.15) is 6.10 Å². The largest absolute Gasteiger partial charge is 0.436 e. The van der Waals surface area contributed by atoms with E-state index in [1.165, 1.54) is 6.92 Å². The fourth-order valence-corrected chi connectivity index (χ4v) is 1.29. The summed E-state index contributed by atoms with van der Waals surface area (Å²) in [4.78, 5) is 10.6. The summed E-state index contributed by atoms with van der Waals surface area (Å²) in [6.07, 6.45) is -2.95. The molecule has 0 unspecified atom stereocenters. The first-order valence-electron chi connectivity index (χ1n) is 4.19. The second-order valence-electron chi connectivity index (χ2n) is 3.17. The van der Waals surface area contributed by atoms with Gasteiger partial charge < -0.3 is 19.7 Å². The summed E-state index contributed by atoms with van der Waals surface area (Å²) < 4.78 is 9.87. The van der Waals surface area contributed by atoms with Crippen LogP contribution in [0.25, 0.3) is 0 Å². The van der Waals surface area contributed by atoms with Crippen LogP contribution in [0, 0.1) is 0 Å². The van der Waals surface area contributed by atoms with Crippen molar-refractivity contribution in [2.45, 2.75) is 44.9 Å². The van der Waals surface area contributed by atoms with Gasteiger partial charge in [-0.1, -0.05) is 0 Å². The number of ether oxygens (including phenoxy) is 2. The predicted molar refractivity (Wildman–Crippen MR) is 42.7 cm³/mol. The van der Waals surface area contributed by atoms with Gasteiger partial charge in [0.05, 0.1) is 12.2 Å². The van der Waals surface area contributed by atoms with Crippen molar-refractivity contribution in [2.75, 3.05) is 0 Å². The molecule has 0 aromatic carbocycles. The molecule has 0 radical (unpaired) electrons. The number of hydrogen-bond acceptors (Lipinski definition) is 5. The molecule has 1 saturated heterocycles. The molecule has 5 nitrogen and oxygen atoms in total. The summed E-state index contributed by atoms with van der Waals surface area (Å²) in [7, 11) is 0. The Morgan fingerprint density at radius 1 is 1.54 bits per heavy atom. The Balaban J connectivity index is 2.48. The summed E-state index contributed by atoms with van der Waals surface area (Å²) in [6.45, 7) is 2.88. The maximum absolute atomic E-state index is 10.6. The fraction of sp³-hybridized carbons (Fsp3) is 0.875. The third-order valence-electron chi connectivity index (χ3n) is 1.97. The molecule has 1 aliphatic rings. The monoisotopic (exact) mass is 190 g/mol. The third kappa shape index (κ3) is 2.65. The third-order valence-corrected chi connectivity index (χ3v) is 1.97. The second-order valence-corrected chi connectivity index (χ2v) is 3.17. The van der Waals surface area contributed by atoms with Crippen molar-refractivity contribution in [3.05, 3.63) is 0 Å². The first-order valence-corrected chi connectivity index (χ1v) is 4.19. The minimum atomic E-state index is -0.910. The van der Waals surface area contributed by atoms with Crippen molar-refractivity contribution in [2.24, 2.45) is 0 Å². The van der Waals surface area contributed by atoms with E-state index in [-0.39, 0.29) is 6.42 Å². The van der Waals surface area contributed by atoms with Crippen molar-refractivity contribution in [3.8, 4) is 0 Å². The summed E-state index contributed by atoms with van der Waals surface area (Å²) in [6, 6.07) is 0. The zero-order chi connectivity index (χ0) is 10.0. The highest BCUT2D eigenvalue weighted by atomic mass is 16.7. The Labute approximate surface area is 76.3 Å². The summed E-state index contributed by atoms with van der Waals surface area (Å²) in [5.74, 6) is -0.458. The molecule has 4 atom stereocenters. The van der Waals surface area contributed by atoms with Gasteiger partial charge in [-0.15, -0.1) is 0 Å². The van der Waals surface area contributed by atoms with Crippen molar-refractivity contribution >= 4 is 5.97 Å². The maximum atomic E-state index is 10.6. The van der Waals surface area contributed by atoms with Crippen LogP contribution in [0.5, 0.6) is 0 Å². The Hall–Kier alpha value is -0.650. The molecule has 0 aromatic heterocycles.